The highest BCUT2D eigenvalue weighted by Crippen LogP contribution is 2.30. The first-order valence-corrected chi connectivity index (χ1v) is 5.64. The summed E-state index contributed by atoms with van der Waals surface area (Å²) in [4.78, 5) is 3.48. The van der Waals surface area contributed by atoms with E-state index < -0.39 is 11.9 Å². The third kappa shape index (κ3) is 3.71. The van der Waals surface area contributed by atoms with Crippen LogP contribution >= 0.6 is 12.4 Å². The smallest absolute Gasteiger partial charge is 0.326 e. The Bertz CT molecular complexity index is 580. The number of nitrogens with zero attached hydrogens (tertiary/aromatic N) is 3. The van der Waals surface area contributed by atoms with Gasteiger partial charge in [-0.15, -0.1) is 12.4 Å². The molecule has 0 amide bonds. The van der Waals surface area contributed by atoms with Crippen molar-refractivity contribution in [3.05, 3.63) is 47.0 Å². The summed E-state index contributed by atoms with van der Waals surface area (Å²) >= 11 is 0. The Labute approximate surface area is 120 Å². The highest BCUT2D eigenvalue weighted by molar-refractivity contribution is 5.85. The summed E-state index contributed by atoms with van der Waals surface area (Å²) in [5, 5.41) is 4.07. The Morgan fingerprint density at radius 2 is 1.95 bits per heavy atom. The quantitative estimate of drug-likeness (QED) is 0.948. The Morgan fingerprint density at radius 1 is 1.25 bits per heavy atom. The van der Waals surface area contributed by atoms with E-state index in [1.807, 2.05) is 0 Å². The van der Waals surface area contributed by atoms with Crippen LogP contribution in [0.4, 0.5) is 13.2 Å². The summed E-state index contributed by atoms with van der Waals surface area (Å²) in [6.45, 7) is 2.14. The fraction of sp³-hybridized carbons (Fsp3) is 0.333. The first-order valence-electron chi connectivity index (χ1n) is 5.64. The first kappa shape index (κ1) is 16.5. The van der Waals surface area contributed by atoms with Crippen LogP contribution in [0.15, 0.2) is 24.7 Å². The zero-order valence-electron chi connectivity index (χ0n) is 10.7. The van der Waals surface area contributed by atoms with Gasteiger partial charge in [-0.3, -0.25) is 9.67 Å². The molecule has 0 spiro atoms. The molecular weight excluding hydrogens is 293 g/mol. The van der Waals surface area contributed by atoms with E-state index in [-0.39, 0.29) is 18.0 Å². The van der Waals surface area contributed by atoms with E-state index in [9.17, 15) is 13.2 Å². The van der Waals surface area contributed by atoms with Gasteiger partial charge >= 0.3 is 6.18 Å². The first-order chi connectivity index (χ1) is 8.90. The van der Waals surface area contributed by atoms with Crippen LogP contribution in [0.25, 0.3) is 0 Å². The highest BCUT2D eigenvalue weighted by Gasteiger charge is 2.34. The van der Waals surface area contributed by atoms with E-state index in [0.717, 1.165) is 5.56 Å². The summed E-state index contributed by atoms with van der Waals surface area (Å²) < 4.78 is 39.3. The third-order valence-corrected chi connectivity index (χ3v) is 2.67. The fourth-order valence-electron chi connectivity index (χ4n) is 1.80. The topological polar surface area (TPSA) is 56.7 Å². The molecule has 0 radical (unpaired) electrons. The summed E-state index contributed by atoms with van der Waals surface area (Å²) in [7, 11) is 0. The Balaban J connectivity index is 0.00000200. The number of halogens is 4. The molecule has 0 fully saturated rings. The summed E-state index contributed by atoms with van der Waals surface area (Å²) in [6.07, 6.45) is 0.192. The van der Waals surface area contributed by atoms with Gasteiger partial charge in [0.25, 0.3) is 0 Å². The van der Waals surface area contributed by atoms with Crippen LogP contribution in [0.3, 0.4) is 0 Å². The molecule has 2 heterocycles. The summed E-state index contributed by atoms with van der Waals surface area (Å²) in [5.41, 5.74) is 6.25. The Hall–Kier alpha value is -1.60. The van der Waals surface area contributed by atoms with Crippen molar-refractivity contribution in [1.29, 1.82) is 0 Å². The van der Waals surface area contributed by atoms with Gasteiger partial charge in [-0.1, -0.05) is 6.07 Å². The second kappa shape index (κ2) is 6.23. The number of pyridine rings is 1. The second-order valence-electron chi connectivity index (χ2n) is 4.26. The van der Waals surface area contributed by atoms with E-state index >= 15 is 0 Å². The van der Waals surface area contributed by atoms with Gasteiger partial charge in [0.15, 0.2) is 0 Å². The number of hydrogen-bond donors (Lipinski definition) is 1. The average molecular weight is 307 g/mol. The average Bonchev–Trinajstić information content (AvgIpc) is 2.75. The molecule has 20 heavy (non-hydrogen) atoms. The SMILES string of the molecule is Cc1cc(Cn2cc(CN)cn2)cnc1C(F)(F)F.Cl. The zero-order chi connectivity index (χ0) is 14.0. The third-order valence-electron chi connectivity index (χ3n) is 2.67. The maximum atomic E-state index is 12.6. The zero-order valence-corrected chi connectivity index (χ0v) is 11.5. The van der Waals surface area contributed by atoms with Gasteiger partial charge < -0.3 is 5.73 Å². The number of nitrogens with two attached hydrogens (primary N) is 1. The van der Waals surface area contributed by atoms with E-state index in [2.05, 4.69) is 10.1 Å². The lowest BCUT2D eigenvalue weighted by molar-refractivity contribution is -0.141. The van der Waals surface area contributed by atoms with Crippen molar-refractivity contribution in [2.75, 3.05) is 0 Å². The summed E-state index contributed by atoms with van der Waals surface area (Å²) in [6, 6.07) is 1.47. The Kier molecular flexibility index (Phi) is 5.13. The predicted molar refractivity (Wildman–Crippen MR) is 70.4 cm³/mol. The lowest BCUT2D eigenvalue weighted by Crippen LogP contribution is -2.11. The molecule has 0 aliphatic rings. The van der Waals surface area contributed by atoms with Crippen molar-refractivity contribution >= 4 is 12.4 Å². The molecule has 0 aliphatic heterocycles. The van der Waals surface area contributed by atoms with Gasteiger partial charge in [-0.25, -0.2) is 0 Å². The molecule has 2 aromatic heterocycles. The number of aromatic nitrogens is 3. The monoisotopic (exact) mass is 306 g/mol. The van der Waals surface area contributed by atoms with Crippen LogP contribution in [0.5, 0.6) is 0 Å². The number of aryl methyl sites for hydroxylation is 1. The number of rotatable bonds is 3. The minimum absolute atomic E-state index is 0. The maximum absolute atomic E-state index is 12.6. The van der Waals surface area contributed by atoms with Crippen molar-refractivity contribution in [3.63, 3.8) is 0 Å². The molecule has 2 N–H and O–H groups in total. The molecule has 4 nitrogen and oxygen atoms in total. The van der Waals surface area contributed by atoms with Crippen molar-refractivity contribution in [2.45, 2.75) is 26.2 Å². The molecule has 0 atom stereocenters. The highest BCUT2D eigenvalue weighted by atomic mass is 35.5. The van der Waals surface area contributed by atoms with Gasteiger partial charge in [0, 0.05) is 24.5 Å². The van der Waals surface area contributed by atoms with Gasteiger partial charge in [-0.05, 0) is 18.1 Å². The standard InChI is InChI=1S/C12H13F3N4.ClH/c1-8-2-9(4-17-11(8)12(13,14)15)6-19-7-10(3-16)5-18-19;/h2,4-5,7H,3,6,16H2,1H3;1H. The van der Waals surface area contributed by atoms with Crippen LogP contribution in [0.2, 0.25) is 0 Å². The van der Waals surface area contributed by atoms with Crippen LogP contribution in [-0.4, -0.2) is 14.8 Å². The molecule has 0 aromatic carbocycles. The van der Waals surface area contributed by atoms with E-state index in [4.69, 9.17) is 5.73 Å². The van der Waals surface area contributed by atoms with Crippen molar-refractivity contribution < 1.29 is 13.2 Å². The lowest BCUT2D eigenvalue weighted by Gasteiger charge is -2.10. The minimum atomic E-state index is -4.42. The van der Waals surface area contributed by atoms with Gasteiger partial charge in [0.2, 0.25) is 0 Å². The van der Waals surface area contributed by atoms with Crippen LogP contribution in [0.1, 0.15) is 22.4 Å². The van der Waals surface area contributed by atoms with Crippen LogP contribution in [-0.2, 0) is 19.3 Å². The van der Waals surface area contributed by atoms with Crippen molar-refractivity contribution in [2.24, 2.45) is 5.73 Å². The molecule has 2 aromatic rings. The largest absolute Gasteiger partial charge is 0.433 e. The Morgan fingerprint density at radius 3 is 2.45 bits per heavy atom. The molecule has 0 saturated heterocycles. The minimum Gasteiger partial charge on any atom is -0.326 e. The summed E-state index contributed by atoms with van der Waals surface area (Å²) in [5.74, 6) is 0. The molecule has 2 rings (SSSR count). The molecular formula is C12H14ClF3N4. The predicted octanol–water partition coefficient (Wildman–Crippen LogP) is 2.53. The van der Waals surface area contributed by atoms with Crippen molar-refractivity contribution in [3.8, 4) is 0 Å². The van der Waals surface area contributed by atoms with Gasteiger partial charge in [0.1, 0.15) is 5.69 Å². The second-order valence-corrected chi connectivity index (χ2v) is 4.26. The fourth-order valence-corrected chi connectivity index (χ4v) is 1.80. The van der Waals surface area contributed by atoms with E-state index in [1.165, 1.54) is 19.2 Å². The molecule has 110 valence electrons. The maximum Gasteiger partial charge on any atom is 0.433 e. The number of alkyl halides is 3. The molecule has 0 aliphatic carbocycles. The number of hydrogen-bond acceptors (Lipinski definition) is 3. The normalized spacial score (nSPS) is 11.2. The molecule has 0 unspecified atom stereocenters. The van der Waals surface area contributed by atoms with E-state index in [1.54, 1.807) is 17.1 Å². The molecule has 0 saturated carbocycles. The van der Waals surface area contributed by atoms with Gasteiger partial charge in [-0.2, -0.15) is 18.3 Å². The molecule has 0 bridgehead atoms. The lowest BCUT2D eigenvalue weighted by atomic mass is 10.1. The van der Waals surface area contributed by atoms with Gasteiger partial charge in [0.05, 0.1) is 12.7 Å². The molecule has 8 heteroatoms. The van der Waals surface area contributed by atoms with Crippen molar-refractivity contribution in [1.82, 2.24) is 14.8 Å². The van der Waals surface area contributed by atoms with E-state index in [0.29, 0.717) is 18.7 Å². The van der Waals surface area contributed by atoms with Crippen LogP contribution in [0, 0.1) is 6.92 Å². The van der Waals surface area contributed by atoms with Crippen LogP contribution < -0.4 is 5.73 Å².